The molecule has 0 radical (unpaired) electrons. The van der Waals surface area contributed by atoms with E-state index in [1.807, 2.05) is 13.0 Å². The molecule has 0 bridgehead atoms. The van der Waals surface area contributed by atoms with E-state index in [-0.39, 0.29) is 5.91 Å². The van der Waals surface area contributed by atoms with E-state index in [0.29, 0.717) is 6.42 Å². The zero-order valence-electron chi connectivity index (χ0n) is 11.4. The Labute approximate surface area is 114 Å². The van der Waals surface area contributed by atoms with Crippen LogP contribution < -0.4 is 0 Å². The maximum atomic E-state index is 11.8. The van der Waals surface area contributed by atoms with Gasteiger partial charge in [0.15, 0.2) is 0 Å². The molecule has 0 saturated heterocycles. The Hall–Kier alpha value is -1.90. The Morgan fingerprint density at radius 2 is 1.95 bits per heavy atom. The van der Waals surface area contributed by atoms with Crippen molar-refractivity contribution in [3.63, 3.8) is 0 Å². The van der Waals surface area contributed by atoms with Crippen molar-refractivity contribution < 1.29 is 4.79 Å². The molecule has 0 N–H and O–H groups in total. The monoisotopic (exact) mass is 256 g/mol. The Bertz CT molecular complexity index is 517. The van der Waals surface area contributed by atoms with E-state index in [2.05, 4.69) is 29.4 Å². The summed E-state index contributed by atoms with van der Waals surface area (Å²) in [7, 11) is 0. The molecule has 2 aromatic rings. The summed E-state index contributed by atoms with van der Waals surface area (Å²) < 4.78 is 1.45. The fraction of sp³-hybridized carbons (Fsp3) is 0.375. The smallest absolute Gasteiger partial charge is 0.246 e. The molecule has 3 nitrogen and oxygen atoms in total. The van der Waals surface area contributed by atoms with Crippen LogP contribution in [0.5, 0.6) is 0 Å². The molecular weight excluding hydrogens is 236 g/mol. The molecule has 0 spiro atoms. The lowest BCUT2D eigenvalue weighted by molar-refractivity contribution is 0.0883. The van der Waals surface area contributed by atoms with Gasteiger partial charge in [0.1, 0.15) is 0 Å². The van der Waals surface area contributed by atoms with Gasteiger partial charge in [0, 0.05) is 12.6 Å². The summed E-state index contributed by atoms with van der Waals surface area (Å²) in [6.45, 7) is 1.94. The summed E-state index contributed by atoms with van der Waals surface area (Å²) in [5, 5.41) is 4.03. The van der Waals surface area contributed by atoms with Crippen LogP contribution in [0.1, 0.15) is 41.6 Å². The molecule has 0 fully saturated rings. The molecule has 1 heterocycles. The highest BCUT2D eigenvalue weighted by Gasteiger charge is 2.05. The van der Waals surface area contributed by atoms with Crippen molar-refractivity contribution in [3.05, 3.63) is 53.9 Å². The Morgan fingerprint density at radius 1 is 1.16 bits per heavy atom. The number of unbranched alkanes of at least 4 members (excludes halogenated alkanes) is 2. The van der Waals surface area contributed by atoms with Gasteiger partial charge in [0.2, 0.25) is 5.91 Å². The standard InChI is InChI=1S/C16H20N2O/c1-14-12-17-18(13-14)16(19)11-7-3-6-10-15-8-4-2-5-9-15/h2,4-5,8-9,12-13H,3,6-7,10-11H2,1H3. The molecular formula is C16H20N2O. The van der Waals surface area contributed by atoms with Crippen molar-refractivity contribution in [2.24, 2.45) is 0 Å². The Morgan fingerprint density at radius 3 is 2.63 bits per heavy atom. The van der Waals surface area contributed by atoms with E-state index in [9.17, 15) is 4.79 Å². The maximum absolute atomic E-state index is 11.8. The lowest BCUT2D eigenvalue weighted by Crippen LogP contribution is -2.10. The van der Waals surface area contributed by atoms with Crippen LogP contribution in [0, 0.1) is 6.92 Å². The molecule has 0 unspecified atom stereocenters. The minimum atomic E-state index is 0.0906. The number of benzene rings is 1. The quantitative estimate of drug-likeness (QED) is 0.740. The normalized spacial score (nSPS) is 10.6. The average Bonchev–Trinajstić information content (AvgIpc) is 2.86. The maximum Gasteiger partial charge on any atom is 0.246 e. The number of hydrogen-bond donors (Lipinski definition) is 0. The zero-order valence-corrected chi connectivity index (χ0v) is 11.4. The number of aryl methyl sites for hydroxylation is 2. The van der Waals surface area contributed by atoms with Crippen LogP contribution in [0.3, 0.4) is 0 Å². The van der Waals surface area contributed by atoms with Crippen molar-refractivity contribution in [1.82, 2.24) is 9.78 Å². The third-order valence-electron chi connectivity index (χ3n) is 3.17. The van der Waals surface area contributed by atoms with Crippen LogP contribution >= 0.6 is 0 Å². The number of carbonyl (C=O) groups excluding carboxylic acids is 1. The molecule has 0 aliphatic heterocycles. The highest BCUT2D eigenvalue weighted by Crippen LogP contribution is 2.08. The van der Waals surface area contributed by atoms with Crippen LogP contribution in [-0.2, 0) is 6.42 Å². The summed E-state index contributed by atoms with van der Waals surface area (Å²) in [4.78, 5) is 11.8. The van der Waals surface area contributed by atoms with Crippen LogP contribution in [0.4, 0.5) is 0 Å². The first-order valence-corrected chi connectivity index (χ1v) is 6.84. The third kappa shape index (κ3) is 4.36. The summed E-state index contributed by atoms with van der Waals surface area (Å²) in [6.07, 6.45) is 8.33. The molecule has 3 heteroatoms. The predicted octanol–water partition coefficient (Wildman–Crippen LogP) is 3.63. The third-order valence-corrected chi connectivity index (χ3v) is 3.17. The van der Waals surface area contributed by atoms with E-state index in [1.165, 1.54) is 10.2 Å². The molecule has 0 saturated carbocycles. The van der Waals surface area contributed by atoms with Crippen LogP contribution in [0.15, 0.2) is 42.7 Å². The van der Waals surface area contributed by atoms with Crippen molar-refractivity contribution in [1.29, 1.82) is 0 Å². The molecule has 1 aromatic heterocycles. The van der Waals surface area contributed by atoms with Crippen molar-refractivity contribution in [2.45, 2.75) is 39.0 Å². The van der Waals surface area contributed by atoms with E-state index < -0.39 is 0 Å². The number of hydrogen-bond acceptors (Lipinski definition) is 2. The van der Waals surface area contributed by atoms with E-state index >= 15 is 0 Å². The van der Waals surface area contributed by atoms with E-state index in [1.54, 1.807) is 12.4 Å². The fourth-order valence-corrected chi connectivity index (χ4v) is 2.09. The second kappa shape index (κ2) is 6.88. The molecule has 100 valence electrons. The van der Waals surface area contributed by atoms with Gasteiger partial charge >= 0.3 is 0 Å². The topological polar surface area (TPSA) is 34.9 Å². The van der Waals surface area contributed by atoms with Gasteiger partial charge in [0.05, 0.1) is 6.20 Å². The predicted molar refractivity (Wildman–Crippen MR) is 76.2 cm³/mol. The van der Waals surface area contributed by atoms with Gasteiger partial charge in [-0.25, -0.2) is 4.68 Å². The van der Waals surface area contributed by atoms with Crippen LogP contribution in [0.25, 0.3) is 0 Å². The highest BCUT2D eigenvalue weighted by molar-refractivity contribution is 5.77. The van der Waals surface area contributed by atoms with Gasteiger partial charge < -0.3 is 0 Å². The number of aromatic nitrogens is 2. The zero-order chi connectivity index (χ0) is 13.5. The summed E-state index contributed by atoms with van der Waals surface area (Å²) >= 11 is 0. The van der Waals surface area contributed by atoms with Crippen LogP contribution in [0.2, 0.25) is 0 Å². The van der Waals surface area contributed by atoms with Crippen molar-refractivity contribution in [3.8, 4) is 0 Å². The molecule has 0 atom stereocenters. The largest absolute Gasteiger partial charge is 0.273 e. The lowest BCUT2D eigenvalue weighted by atomic mass is 10.1. The fourth-order valence-electron chi connectivity index (χ4n) is 2.09. The lowest BCUT2D eigenvalue weighted by Gasteiger charge is -2.02. The van der Waals surface area contributed by atoms with Gasteiger partial charge in [-0.3, -0.25) is 4.79 Å². The minimum absolute atomic E-state index is 0.0906. The van der Waals surface area contributed by atoms with Gasteiger partial charge in [-0.15, -0.1) is 0 Å². The van der Waals surface area contributed by atoms with Gasteiger partial charge in [-0.1, -0.05) is 36.8 Å². The molecule has 19 heavy (non-hydrogen) atoms. The SMILES string of the molecule is Cc1cnn(C(=O)CCCCCc2ccccc2)c1. The van der Waals surface area contributed by atoms with Gasteiger partial charge in [-0.05, 0) is 37.3 Å². The van der Waals surface area contributed by atoms with E-state index in [4.69, 9.17) is 0 Å². The van der Waals surface area contributed by atoms with E-state index in [0.717, 1.165) is 31.2 Å². The molecule has 0 amide bonds. The number of carbonyl (C=O) groups is 1. The molecule has 2 rings (SSSR count). The minimum Gasteiger partial charge on any atom is -0.273 e. The van der Waals surface area contributed by atoms with Gasteiger partial charge in [0.25, 0.3) is 0 Å². The highest BCUT2D eigenvalue weighted by atomic mass is 16.2. The second-order valence-electron chi connectivity index (χ2n) is 4.90. The molecule has 1 aromatic carbocycles. The first kappa shape index (κ1) is 13.5. The molecule has 0 aliphatic rings. The van der Waals surface area contributed by atoms with Gasteiger partial charge in [-0.2, -0.15) is 5.10 Å². The van der Waals surface area contributed by atoms with Crippen LogP contribution in [-0.4, -0.2) is 15.7 Å². The summed E-state index contributed by atoms with van der Waals surface area (Å²) in [5.41, 5.74) is 2.40. The summed E-state index contributed by atoms with van der Waals surface area (Å²) in [6, 6.07) is 10.5. The first-order valence-electron chi connectivity index (χ1n) is 6.84. The van der Waals surface area contributed by atoms with Crippen molar-refractivity contribution >= 4 is 5.91 Å². The Balaban J connectivity index is 1.63. The molecule has 0 aliphatic carbocycles. The number of nitrogens with zero attached hydrogens (tertiary/aromatic N) is 2. The van der Waals surface area contributed by atoms with Crippen molar-refractivity contribution in [2.75, 3.05) is 0 Å². The average molecular weight is 256 g/mol. The second-order valence-corrected chi connectivity index (χ2v) is 4.90. The first-order chi connectivity index (χ1) is 9.25. The number of rotatable bonds is 6. The summed E-state index contributed by atoms with van der Waals surface area (Å²) in [5.74, 6) is 0.0906. The Kier molecular flexibility index (Phi) is 4.90.